The molecule has 1 aliphatic heterocycles. The number of aliphatic hydroxyl groups is 1. The molecule has 1 saturated heterocycles. The predicted octanol–water partition coefficient (Wildman–Crippen LogP) is 2.99. The van der Waals surface area contributed by atoms with Gasteiger partial charge in [0, 0.05) is 37.0 Å². The van der Waals surface area contributed by atoms with E-state index < -0.39 is 0 Å². The third-order valence-electron chi connectivity index (χ3n) is 5.14. The molecule has 2 aromatic carbocycles. The van der Waals surface area contributed by atoms with Crippen LogP contribution in [-0.4, -0.2) is 46.3 Å². The molecule has 0 radical (unpaired) electrons. The minimum Gasteiger partial charge on any atom is -0.467 e. The summed E-state index contributed by atoms with van der Waals surface area (Å²) in [5.41, 5.74) is 2.26. The zero-order valence-electron chi connectivity index (χ0n) is 14.9. The van der Waals surface area contributed by atoms with Gasteiger partial charge in [-0.1, -0.05) is 42.5 Å². The lowest BCUT2D eigenvalue weighted by Crippen LogP contribution is -2.42. The van der Waals surface area contributed by atoms with Gasteiger partial charge in [-0.15, -0.1) is 0 Å². The number of piperidine rings is 1. The van der Waals surface area contributed by atoms with Crippen molar-refractivity contribution in [2.45, 2.75) is 25.0 Å². The Bertz CT molecular complexity index is 882. The van der Waals surface area contributed by atoms with E-state index in [2.05, 4.69) is 57.3 Å². The highest BCUT2D eigenvalue weighted by Crippen LogP contribution is 2.31. The summed E-state index contributed by atoms with van der Waals surface area (Å²) in [5.74, 6) is 0.183. The number of rotatable bonds is 4. The van der Waals surface area contributed by atoms with Gasteiger partial charge in [-0.05, 0) is 29.3 Å². The van der Waals surface area contributed by atoms with Crippen LogP contribution < -0.4 is 4.74 Å². The molecule has 0 aliphatic carbocycles. The smallest absolute Gasteiger partial charge is 0.316 e. The number of aliphatic hydroxyl groups excluding tert-OH is 1. The first-order valence-corrected chi connectivity index (χ1v) is 8.97. The molecule has 0 unspecified atom stereocenters. The third-order valence-corrected chi connectivity index (χ3v) is 5.14. The normalized spacial score (nSPS) is 21.0. The molecule has 4 rings (SSSR count). The summed E-state index contributed by atoms with van der Waals surface area (Å²) in [4.78, 5) is 10.6. The minimum absolute atomic E-state index is 0.183. The Labute approximate surface area is 153 Å². The molecule has 0 bridgehead atoms. The SMILES string of the molecule is COc1ncc(CN2CC[C@@H](c3ccc4ccccc4c3)[C@H](O)C2)cn1. The Morgan fingerprint density at radius 1 is 1.12 bits per heavy atom. The lowest BCUT2D eigenvalue weighted by molar-refractivity contribution is 0.0476. The monoisotopic (exact) mass is 349 g/mol. The van der Waals surface area contributed by atoms with Crippen LogP contribution in [0.4, 0.5) is 0 Å². The number of likely N-dealkylation sites (tertiary alicyclic amines) is 1. The second kappa shape index (κ2) is 7.40. The Hall–Kier alpha value is -2.50. The van der Waals surface area contributed by atoms with Crippen molar-refractivity contribution in [3.8, 4) is 6.01 Å². The lowest BCUT2D eigenvalue weighted by atomic mass is 9.86. The van der Waals surface area contributed by atoms with Crippen LogP contribution in [0.15, 0.2) is 54.9 Å². The van der Waals surface area contributed by atoms with Crippen molar-refractivity contribution in [1.29, 1.82) is 0 Å². The maximum absolute atomic E-state index is 10.7. The first-order valence-electron chi connectivity index (χ1n) is 8.97. The topological polar surface area (TPSA) is 58.5 Å². The Balaban J connectivity index is 1.43. The van der Waals surface area contributed by atoms with Crippen LogP contribution in [0.5, 0.6) is 6.01 Å². The molecule has 5 nitrogen and oxygen atoms in total. The fraction of sp³-hybridized carbons (Fsp3) is 0.333. The molecule has 1 N–H and O–H groups in total. The quantitative estimate of drug-likeness (QED) is 0.785. The van der Waals surface area contributed by atoms with Gasteiger partial charge in [-0.3, -0.25) is 4.90 Å². The van der Waals surface area contributed by atoms with E-state index in [1.807, 2.05) is 0 Å². The van der Waals surface area contributed by atoms with E-state index >= 15 is 0 Å². The minimum atomic E-state index is -0.371. The first-order chi connectivity index (χ1) is 12.7. The van der Waals surface area contributed by atoms with Gasteiger partial charge in [0.15, 0.2) is 0 Å². The second-order valence-electron chi connectivity index (χ2n) is 6.88. The van der Waals surface area contributed by atoms with Crippen molar-refractivity contribution in [1.82, 2.24) is 14.9 Å². The highest BCUT2D eigenvalue weighted by molar-refractivity contribution is 5.83. The van der Waals surface area contributed by atoms with Gasteiger partial charge in [0.05, 0.1) is 13.2 Å². The summed E-state index contributed by atoms with van der Waals surface area (Å²) >= 11 is 0. The Morgan fingerprint density at radius 3 is 2.62 bits per heavy atom. The average molecular weight is 349 g/mol. The summed E-state index contributed by atoms with van der Waals surface area (Å²) in [5, 5.41) is 13.2. The molecular weight excluding hydrogens is 326 g/mol. The summed E-state index contributed by atoms with van der Waals surface area (Å²) in [6, 6.07) is 15.3. The molecule has 2 heterocycles. The van der Waals surface area contributed by atoms with Gasteiger partial charge < -0.3 is 9.84 Å². The van der Waals surface area contributed by atoms with Crippen LogP contribution in [-0.2, 0) is 6.54 Å². The van der Waals surface area contributed by atoms with E-state index in [-0.39, 0.29) is 12.0 Å². The van der Waals surface area contributed by atoms with Crippen molar-refractivity contribution in [2.75, 3.05) is 20.2 Å². The standard InChI is InChI=1S/C21H23N3O2/c1-26-21-22-11-15(12-23-21)13-24-9-8-19(20(25)14-24)18-7-6-16-4-2-3-5-17(16)10-18/h2-7,10-12,19-20,25H,8-9,13-14H2,1H3/t19-,20+/m0/s1. The van der Waals surface area contributed by atoms with Gasteiger partial charge in [0.1, 0.15) is 0 Å². The van der Waals surface area contributed by atoms with Crippen LogP contribution >= 0.6 is 0 Å². The van der Waals surface area contributed by atoms with E-state index in [0.717, 1.165) is 25.1 Å². The number of hydrogen-bond donors (Lipinski definition) is 1. The lowest BCUT2D eigenvalue weighted by Gasteiger charge is -2.36. The van der Waals surface area contributed by atoms with Crippen molar-refractivity contribution >= 4 is 10.8 Å². The molecule has 1 fully saturated rings. The van der Waals surface area contributed by atoms with Crippen LogP contribution in [0.3, 0.4) is 0 Å². The molecule has 1 aliphatic rings. The Kier molecular flexibility index (Phi) is 4.82. The van der Waals surface area contributed by atoms with Crippen LogP contribution in [0.1, 0.15) is 23.5 Å². The molecule has 1 aromatic heterocycles. The molecule has 0 spiro atoms. The van der Waals surface area contributed by atoms with Gasteiger partial charge >= 0.3 is 6.01 Å². The fourth-order valence-electron chi connectivity index (χ4n) is 3.76. The zero-order chi connectivity index (χ0) is 17.9. The van der Waals surface area contributed by atoms with E-state index in [1.165, 1.54) is 16.3 Å². The van der Waals surface area contributed by atoms with Gasteiger partial charge in [-0.25, -0.2) is 9.97 Å². The highest BCUT2D eigenvalue weighted by atomic mass is 16.5. The van der Waals surface area contributed by atoms with Crippen molar-refractivity contribution in [3.05, 3.63) is 66.0 Å². The summed E-state index contributed by atoms with van der Waals surface area (Å²) in [7, 11) is 1.56. The first kappa shape index (κ1) is 16.9. The molecule has 2 atom stereocenters. The molecule has 0 saturated carbocycles. The van der Waals surface area contributed by atoms with E-state index in [1.54, 1.807) is 19.5 Å². The maximum Gasteiger partial charge on any atom is 0.316 e. The van der Waals surface area contributed by atoms with Gasteiger partial charge in [0.25, 0.3) is 0 Å². The predicted molar refractivity (Wildman–Crippen MR) is 101 cm³/mol. The number of hydrogen-bond acceptors (Lipinski definition) is 5. The summed E-state index contributed by atoms with van der Waals surface area (Å²) in [6.07, 6.45) is 4.14. The van der Waals surface area contributed by atoms with Crippen LogP contribution in [0.25, 0.3) is 10.8 Å². The largest absolute Gasteiger partial charge is 0.467 e. The average Bonchev–Trinajstić information content (AvgIpc) is 2.68. The van der Waals surface area contributed by atoms with Crippen LogP contribution in [0.2, 0.25) is 0 Å². The Morgan fingerprint density at radius 2 is 1.88 bits per heavy atom. The number of aromatic nitrogens is 2. The van der Waals surface area contributed by atoms with Crippen molar-refractivity contribution in [2.24, 2.45) is 0 Å². The number of β-amino-alcohol motifs (C(OH)–C–C–N with tert-alkyl or cyclic N) is 1. The fourth-order valence-corrected chi connectivity index (χ4v) is 3.76. The molecule has 26 heavy (non-hydrogen) atoms. The highest BCUT2D eigenvalue weighted by Gasteiger charge is 2.29. The van der Waals surface area contributed by atoms with E-state index in [0.29, 0.717) is 12.6 Å². The number of methoxy groups -OCH3 is 1. The summed E-state index contributed by atoms with van der Waals surface area (Å²) < 4.78 is 4.99. The molecule has 5 heteroatoms. The van der Waals surface area contributed by atoms with Crippen molar-refractivity contribution in [3.63, 3.8) is 0 Å². The van der Waals surface area contributed by atoms with Gasteiger partial charge in [0.2, 0.25) is 0 Å². The van der Waals surface area contributed by atoms with Crippen molar-refractivity contribution < 1.29 is 9.84 Å². The number of nitrogens with zero attached hydrogens (tertiary/aromatic N) is 3. The van der Waals surface area contributed by atoms with E-state index in [4.69, 9.17) is 4.74 Å². The molecule has 3 aromatic rings. The number of fused-ring (bicyclic) bond motifs is 1. The van der Waals surface area contributed by atoms with Crippen LogP contribution in [0, 0.1) is 0 Å². The third kappa shape index (κ3) is 3.54. The second-order valence-corrected chi connectivity index (χ2v) is 6.88. The zero-order valence-corrected chi connectivity index (χ0v) is 14.9. The number of benzene rings is 2. The van der Waals surface area contributed by atoms with E-state index in [9.17, 15) is 5.11 Å². The molecule has 134 valence electrons. The maximum atomic E-state index is 10.7. The summed E-state index contributed by atoms with van der Waals surface area (Å²) in [6.45, 7) is 2.34. The number of ether oxygens (including phenoxy) is 1. The molecular formula is C21H23N3O2. The molecule has 0 amide bonds. The van der Waals surface area contributed by atoms with Gasteiger partial charge in [-0.2, -0.15) is 0 Å².